The van der Waals surface area contributed by atoms with Crippen LogP contribution in [0.3, 0.4) is 0 Å². The summed E-state index contributed by atoms with van der Waals surface area (Å²) < 4.78 is 5.76. The minimum atomic E-state index is -0.440. The zero-order chi connectivity index (χ0) is 28.9. The Morgan fingerprint density at radius 2 is 1.50 bits per heavy atom. The van der Waals surface area contributed by atoms with Crippen molar-refractivity contribution in [1.82, 2.24) is 5.32 Å². The third kappa shape index (κ3) is 8.05. The van der Waals surface area contributed by atoms with Crippen LogP contribution in [0.4, 0.5) is 11.4 Å². The summed E-state index contributed by atoms with van der Waals surface area (Å²) in [4.78, 5) is 25.1. The number of thiocarbonyl (C=S) groups is 1. The maximum Gasteiger partial charge on any atom is 0.255 e. The second-order valence-corrected chi connectivity index (χ2v) is 11.3. The lowest BCUT2D eigenvalue weighted by Gasteiger charge is -2.19. The first-order valence-corrected chi connectivity index (χ1v) is 13.5. The van der Waals surface area contributed by atoms with Crippen molar-refractivity contribution in [3.63, 3.8) is 0 Å². The highest BCUT2D eigenvalue weighted by Crippen LogP contribution is 2.29. The van der Waals surface area contributed by atoms with Gasteiger partial charge in [0, 0.05) is 38.6 Å². The second-order valence-electron chi connectivity index (χ2n) is 10.00. The van der Waals surface area contributed by atoms with E-state index in [1.54, 1.807) is 54.6 Å². The summed E-state index contributed by atoms with van der Waals surface area (Å²) in [5.74, 6) is 0.370. The Bertz CT molecular complexity index is 1570. The predicted molar refractivity (Wildman–Crippen MR) is 167 cm³/mol. The van der Waals surface area contributed by atoms with Gasteiger partial charge < -0.3 is 15.1 Å². The number of rotatable bonds is 6. The molecular formula is C31H27Cl2N3O3S. The average molecular weight is 593 g/mol. The smallest absolute Gasteiger partial charge is 0.255 e. The fraction of sp³-hybridized carbons (Fsp3) is 0.129. The lowest BCUT2D eigenvalue weighted by molar-refractivity contribution is -0.115. The summed E-state index contributed by atoms with van der Waals surface area (Å²) in [6, 6.07) is 23.2. The molecule has 4 rings (SSSR count). The largest absolute Gasteiger partial charge is 0.457 e. The van der Waals surface area contributed by atoms with Crippen LogP contribution in [0.2, 0.25) is 10.0 Å². The molecule has 1 heterocycles. The molecule has 0 fully saturated rings. The number of carbonyl (C=O) groups is 2. The van der Waals surface area contributed by atoms with Gasteiger partial charge in [-0.25, -0.2) is 0 Å². The van der Waals surface area contributed by atoms with E-state index >= 15 is 0 Å². The predicted octanol–water partition coefficient (Wildman–Crippen LogP) is 8.33. The zero-order valence-corrected chi connectivity index (χ0v) is 24.4. The number of hydrogen-bond donors (Lipinski definition) is 3. The van der Waals surface area contributed by atoms with Crippen LogP contribution < -0.4 is 16.0 Å². The fourth-order valence-corrected chi connectivity index (χ4v) is 4.51. The Morgan fingerprint density at radius 3 is 2.15 bits per heavy atom. The maximum atomic E-state index is 12.7. The van der Waals surface area contributed by atoms with Crippen molar-refractivity contribution >= 4 is 69.8 Å². The van der Waals surface area contributed by atoms with Crippen molar-refractivity contribution in [3.8, 4) is 11.3 Å². The molecule has 0 aliphatic rings. The first kappa shape index (κ1) is 29.1. The van der Waals surface area contributed by atoms with E-state index in [9.17, 15) is 9.59 Å². The van der Waals surface area contributed by atoms with E-state index in [-0.39, 0.29) is 16.4 Å². The summed E-state index contributed by atoms with van der Waals surface area (Å²) >= 11 is 17.4. The molecule has 0 saturated heterocycles. The average Bonchev–Trinajstić information content (AvgIpc) is 3.36. The van der Waals surface area contributed by atoms with Crippen LogP contribution in [-0.4, -0.2) is 16.9 Å². The first-order chi connectivity index (χ1) is 19.0. The molecule has 3 N–H and O–H groups in total. The Kier molecular flexibility index (Phi) is 9.10. The van der Waals surface area contributed by atoms with Crippen LogP contribution >= 0.6 is 35.4 Å². The van der Waals surface area contributed by atoms with Crippen LogP contribution in [0.1, 0.15) is 42.5 Å². The van der Waals surface area contributed by atoms with Gasteiger partial charge in [-0.05, 0) is 89.9 Å². The van der Waals surface area contributed by atoms with Gasteiger partial charge in [-0.2, -0.15) is 0 Å². The number of carbonyl (C=O) groups excluding carboxylic acids is 2. The molecule has 0 radical (unpaired) electrons. The molecule has 0 unspecified atom stereocenters. The zero-order valence-electron chi connectivity index (χ0n) is 22.0. The van der Waals surface area contributed by atoms with E-state index < -0.39 is 5.91 Å². The topological polar surface area (TPSA) is 83.4 Å². The molecule has 1 aromatic heterocycles. The molecule has 0 aliphatic carbocycles. The highest BCUT2D eigenvalue weighted by atomic mass is 35.5. The Hall–Kier alpha value is -3.91. The van der Waals surface area contributed by atoms with E-state index in [2.05, 4.69) is 36.7 Å². The summed E-state index contributed by atoms with van der Waals surface area (Å²) in [5, 5.41) is 9.51. The van der Waals surface area contributed by atoms with Gasteiger partial charge in [0.25, 0.3) is 5.91 Å². The highest BCUT2D eigenvalue weighted by molar-refractivity contribution is 7.80. The number of amides is 2. The molecule has 0 spiro atoms. The Balaban J connectivity index is 1.31. The fourth-order valence-electron chi connectivity index (χ4n) is 3.77. The summed E-state index contributed by atoms with van der Waals surface area (Å²) in [5.41, 5.74) is 3.63. The molecule has 2 amide bonds. The number of hydrogen-bond acceptors (Lipinski definition) is 4. The molecule has 6 nitrogen and oxygen atoms in total. The van der Waals surface area contributed by atoms with Crippen LogP contribution in [0.5, 0.6) is 0 Å². The summed E-state index contributed by atoms with van der Waals surface area (Å²) in [7, 11) is 0. The molecule has 9 heteroatoms. The van der Waals surface area contributed by atoms with Crippen molar-refractivity contribution in [3.05, 3.63) is 112 Å². The lowest BCUT2D eigenvalue weighted by Crippen LogP contribution is -2.32. The quantitative estimate of drug-likeness (QED) is 0.155. The third-order valence-corrected chi connectivity index (χ3v) is 6.44. The molecule has 204 valence electrons. The van der Waals surface area contributed by atoms with Crippen molar-refractivity contribution < 1.29 is 14.0 Å². The minimum Gasteiger partial charge on any atom is -0.457 e. The third-order valence-electron chi connectivity index (χ3n) is 5.80. The van der Waals surface area contributed by atoms with E-state index in [4.69, 9.17) is 39.8 Å². The molecular weight excluding hydrogens is 565 g/mol. The van der Waals surface area contributed by atoms with E-state index in [1.165, 1.54) is 12.2 Å². The van der Waals surface area contributed by atoms with E-state index in [1.807, 2.05) is 24.3 Å². The van der Waals surface area contributed by atoms with Crippen LogP contribution in [0.15, 0.2) is 89.4 Å². The van der Waals surface area contributed by atoms with Crippen LogP contribution in [0.25, 0.3) is 17.4 Å². The SMILES string of the molecule is CC(C)(C)c1ccc(C(=O)Nc2cccc(NC(=S)NC(=O)/C=C/c3ccc(-c4cc(Cl)cc(Cl)c4)o3)c2)cc1. The number of benzene rings is 3. The van der Waals surface area contributed by atoms with Crippen LogP contribution in [0, 0.1) is 0 Å². The molecule has 0 aliphatic heterocycles. The van der Waals surface area contributed by atoms with E-state index in [0.29, 0.717) is 38.5 Å². The van der Waals surface area contributed by atoms with Crippen molar-refractivity contribution in [1.29, 1.82) is 0 Å². The lowest BCUT2D eigenvalue weighted by atomic mass is 9.87. The first-order valence-electron chi connectivity index (χ1n) is 12.3. The number of nitrogens with one attached hydrogen (secondary N) is 3. The van der Waals surface area contributed by atoms with Crippen molar-refractivity contribution in [2.45, 2.75) is 26.2 Å². The monoisotopic (exact) mass is 591 g/mol. The number of furan rings is 1. The van der Waals surface area contributed by atoms with Gasteiger partial charge >= 0.3 is 0 Å². The molecule has 3 aromatic carbocycles. The van der Waals surface area contributed by atoms with Gasteiger partial charge in [-0.15, -0.1) is 0 Å². The molecule has 0 atom stereocenters. The molecule has 0 saturated carbocycles. The van der Waals surface area contributed by atoms with Gasteiger partial charge in [-0.3, -0.25) is 14.9 Å². The summed E-state index contributed by atoms with van der Waals surface area (Å²) in [6.07, 6.45) is 2.83. The van der Waals surface area contributed by atoms with E-state index in [0.717, 1.165) is 11.1 Å². The molecule has 40 heavy (non-hydrogen) atoms. The van der Waals surface area contributed by atoms with Crippen LogP contribution in [-0.2, 0) is 10.2 Å². The van der Waals surface area contributed by atoms with Gasteiger partial charge in [0.2, 0.25) is 5.91 Å². The number of halogens is 2. The van der Waals surface area contributed by atoms with Gasteiger partial charge in [-0.1, -0.05) is 62.2 Å². The van der Waals surface area contributed by atoms with Gasteiger partial charge in [0.05, 0.1) is 0 Å². The van der Waals surface area contributed by atoms with Gasteiger partial charge in [0.15, 0.2) is 5.11 Å². The number of anilines is 2. The summed E-state index contributed by atoms with van der Waals surface area (Å²) in [6.45, 7) is 6.37. The molecule has 0 bridgehead atoms. The highest BCUT2D eigenvalue weighted by Gasteiger charge is 2.14. The van der Waals surface area contributed by atoms with Crippen molar-refractivity contribution in [2.75, 3.05) is 10.6 Å². The maximum absolute atomic E-state index is 12.7. The second kappa shape index (κ2) is 12.5. The van der Waals surface area contributed by atoms with Crippen molar-refractivity contribution in [2.24, 2.45) is 0 Å². The molecule has 4 aromatic rings. The van der Waals surface area contributed by atoms with Gasteiger partial charge in [0.1, 0.15) is 11.5 Å². The Morgan fingerprint density at radius 1 is 0.850 bits per heavy atom. The normalized spacial score (nSPS) is 11.3. The Labute approximate surface area is 248 Å². The standard InChI is InChI=1S/C31H27Cl2N3O3S/c1-31(2,3)21-9-7-19(8-10-21)29(38)34-24-5-4-6-25(18-24)35-30(40)36-28(37)14-12-26-11-13-27(39-26)20-15-22(32)17-23(33)16-20/h4-18H,1-3H3,(H,34,38)(H2,35,36,37,40)/b14-12+. The minimum absolute atomic E-state index is 0.00773.